The summed E-state index contributed by atoms with van der Waals surface area (Å²) in [7, 11) is 1.83. The van der Waals surface area contributed by atoms with Gasteiger partial charge in [0.2, 0.25) is 0 Å². The van der Waals surface area contributed by atoms with Gasteiger partial charge in [0.1, 0.15) is 0 Å². The maximum absolute atomic E-state index is 6.28. The van der Waals surface area contributed by atoms with Crippen LogP contribution in [0.3, 0.4) is 0 Å². The van der Waals surface area contributed by atoms with E-state index in [0.717, 1.165) is 18.4 Å². The lowest BCUT2D eigenvalue weighted by Crippen LogP contribution is -2.51. The molecule has 0 spiro atoms. The molecule has 1 aliphatic heterocycles. The van der Waals surface area contributed by atoms with Gasteiger partial charge in [-0.05, 0) is 55.4 Å². The third-order valence-corrected chi connectivity index (χ3v) is 6.20. The Kier molecular flexibility index (Phi) is 5.49. The maximum atomic E-state index is 6.28. The topological polar surface area (TPSA) is 38.5 Å². The summed E-state index contributed by atoms with van der Waals surface area (Å²) in [5, 5.41) is 0. The number of rotatable bonds is 4. The van der Waals surface area contributed by atoms with Crippen LogP contribution in [0.2, 0.25) is 0 Å². The predicted octanol–water partition coefficient (Wildman–Crippen LogP) is 2.74. The van der Waals surface area contributed by atoms with Crippen molar-refractivity contribution in [3.63, 3.8) is 0 Å². The molecule has 4 unspecified atom stereocenters. The molecular formula is C17H34N2O. The van der Waals surface area contributed by atoms with Crippen molar-refractivity contribution in [3.05, 3.63) is 0 Å². The Bertz CT molecular complexity index is 303. The zero-order valence-corrected chi connectivity index (χ0v) is 13.9. The molecule has 0 aromatic rings. The van der Waals surface area contributed by atoms with Gasteiger partial charge in [0, 0.05) is 26.2 Å². The van der Waals surface area contributed by atoms with Gasteiger partial charge >= 0.3 is 0 Å². The Morgan fingerprint density at radius 2 is 2.00 bits per heavy atom. The molecule has 1 saturated heterocycles. The molecule has 3 heteroatoms. The second kappa shape index (κ2) is 6.76. The number of ether oxygens (including phenoxy) is 1. The van der Waals surface area contributed by atoms with Gasteiger partial charge in [-0.3, -0.25) is 0 Å². The van der Waals surface area contributed by atoms with E-state index in [1.165, 1.54) is 45.3 Å². The van der Waals surface area contributed by atoms with Crippen LogP contribution in [0, 0.1) is 23.2 Å². The Morgan fingerprint density at radius 3 is 2.70 bits per heavy atom. The minimum Gasteiger partial charge on any atom is -0.384 e. The highest BCUT2D eigenvalue weighted by Gasteiger charge is 2.42. The first kappa shape index (κ1) is 16.3. The lowest BCUT2D eigenvalue weighted by atomic mass is 9.61. The van der Waals surface area contributed by atoms with Gasteiger partial charge in [-0.15, -0.1) is 0 Å². The maximum Gasteiger partial charge on any atom is 0.0502 e. The zero-order valence-electron chi connectivity index (χ0n) is 13.9. The van der Waals surface area contributed by atoms with E-state index < -0.39 is 0 Å². The zero-order chi connectivity index (χ0) is 14.8. The van der Waals surface area contributed by atoms with E-state index in [2.05, 4.69) is 25.7 Å². The van der Waals surface area contributed by atoms with E-state index in [-0.39, 0.29) is 0 Å². The molecule has 0 aromatic carbocycles. The number of piperidine rings is 1. The Labute approximate surface area is 125 Å². The van der Waals surface area contributed by atoms with Gasteiger partial charge in [-0.25, -0.2) is 0 Å². The van der Waals surface area contributed by atoms with Crippen molar-refractivity contribution in [1.29, 1.82) is 0 Å². The van der Waals surface area contributed by atoms with Crippen LogP contribution in [-0.2, 0) is 4.74 Å². The minimum absolute atomic E-state index is 0.367. The van der Waals surface area contributed by atoms with Crippen molar-refractivity contribution in [2.45, 2.75) is 52.5 Å². The molecule has 1 aliphatic carbocycles. The Morgan fingerprint density at radius 1 is 1.25 bits per heavy atom. The summed E-state index contributed by atoms with van der Waals surface area (Å²) in [6.07, 6.45) is 5.16. The first-order valence-electron chi connectivity index (χ1n) is 8.42. The molecule has 118 valence electrons. The number of hydrogen-bond acceptors (Lipinski definition) is 3. The molecule has 0 aromatic heterocycles. The number of nitrogens with zero attached hydrogens (tertiary/aromatic N) is 1. The minimum atomic E-state index is 0.367. The molecule has 1 saturated carbocycles. The number of hydrogen-bond donors (Lipinski definition) is 1. The third-order valence-electron chi connectivity index (χ3n) is 6.20. The van der Waals surface area contributed by atoms with Crippen LogP contribution in [0.1, 0.15) is 46.5 Å². The van der Waals surface area contributed by atoms with Crippen molar-refractivity contribution in [2.24, 2.45) is 28.9 Å². The SMILES string of the molecule is COCC1CCCN(CC2CCC(N)C(C)C2(C)C)C1. The van der Waals surface area contributed by atoms with Gasteiger partial charge in [0.05, 0.1) is 6.61 Å². The van der Waals surface area contributed by atoms with Gasteiger partial charge in [-0.2, -0.15) is 0 Å². The predicted molar refractivity (Wildman–Crippen MR) is 84.7 cm³/mol. The molecular weight excluding hydrogens is 248 g/mol. The van der Waals surface area contributed by atoms with Crippen LogP contribution in [0.4, 0.5) is 0 Å². The van der Waals surface area contributed by atoms with Crippen LogP contribution in [0.5, 0.6) is 0 Å². The summed E-state index contributed by atoms with van der Waals surface area (Å²) in [4.78, 5) is 2.68. The molecule has 20 heavy (non-hydrogen) atoms. The molecule has 3 nitrogen and oxygen atoms in total. The summed E-state index contributed by atoms with van der Waals surface area (Å²) >= 11 is 0. The lowest BCUT2D eigenvalue weighted by molar-refractivity contribution is 0.0118. The highest BCUT2D eigenvalue weighted by atomic mass is 16.5. The van der Waals surface area contributed by atoms with Crippen molar-refractivity contribution < 1.29 is 4.74 Å². The molecule has 2 N–H and O–H groups in total. The van der Waals surface area contributed by atoms with Crippen LogP contribution >= 0.6 is 0 Å². The second-order valence-electron chi connectivity index (χ2n) is 7.77. The highest BCUT2D eigenvalue weighted by molar-refractivity contribution is 4.94. The Balaban J connectivity index is 1.92. The third kappa shape index (κ3) is 3.55. The van der Waals surface area contributed by atoms with Crippen molar-refractivity contribution >= 4 is 0 Å². The second-order valence-corrected chi connectivity index (χ2v) is 7.77. The normalized spacial score (nSPS) is 38.9. The fourth-order valence-corrected chi connectivity index (χ4v) is 4.27. The van der Waals surface area contributed by atoms with E-state index in [1.54, 1.807) is 0 Å². The monoisotopic (exact) mass is 282 g/mol. The largest absolute Gasteiger partial charge is 0.384 e. The smallest absolute Gasteiger partial charge is 0.0502 e. The van der Waals surface area contributed by atoms with E-state index in [0.29, 0.717) is 17.4 Å². The summed E-state index contributed by atoms with van der Waals surface area (Å²) in [6.45, 7) is 11.9. The molecule has 1 heterocycles. The molecule has 4 atom stereocenters. The quantitative estimate of drug-likeness (QED) is 0.861. The summed E-state index contributed by atoms with van der Waals surface area (Å²) in [6, 6.07) is 0.392. The fourth-order valence-electron chi connectivity index (χ4n) is 4.27. The highest BCUT2D eigenvalue weighted by Crippen LogP contribution is 2.44. The summed E-state index contributed by atoms with van der Waals surface area (Å²) in [5.74, 6) is 2.15. The average Bonchev–Trinajstić information content (AvgIpc) is 2.41. The molecule has 0 bridgehead atoms. The van der Waals surface area contributed by atoms with Gasteiger partial charge in [0.25, 0.3) is 0 Å². The van der Waals surface area contributed by atoms with Gasteiger partial charge in [-0.1, -0.05) is 20.8 Å². The van der Waals surface area contributed by atoms with Crippen molar-refractivity contribution in [2.75, 3.05) is 33.4 Å². The first-order chi connectivity index (χ1) is 9.45. The van der Waals surface area contributed by atoms with E-state index >= 15 is 0 Å². The van der Waals surface area contributed by atoms with Crippen LogP contribution in [0.15, 0.2) is 0 Å². The number of methoxy groups -OCH3 is 1. The summed E-state index contributed by atoms with van der Waals surface area (Å²) < 4.78 is 5.35. The molecule has 0 radical (unpaired) electrons. The van der Waals surface area contributed by atoms with Crippen LogP contribution < -0.4 is 5.73 Å². The van der Waals surface area contributed by atoms with Crippen LogP contribution in [-0.4, -0.2) is 44.3 Å². The molecule has 0 amide bonds. The lowest BCUT2D eigenvalue weighted by Gasteiger charge is -2.49. The number of likely N-dealkylation sites (tertiary alicyclic amines) is 1. The van der Waals surface area contributed by atoms with Crippen molar-refractivity contribution in [3.8, 4) is 0 Å². The fraction of sp³-hybridized carbons (Fsp3) is 1.00. The van der Waals surface area contributed by atoms with Gasteiger partial charge in [0.15, 0.2) is 0 Å². The standard InChI is InChI=1S/C17H34N2O/c1-13-16(18)8-7-15(17(13,2)3)11-19-9-5-6-14(10-19)12-20-4/h13-16H,5-12,18H2,1-4H3. The number of nitrogens with two attached hydrogens (primary N) is 1. The van der Waals surface area contributed by atoms with E-state index in [1.807, 2.05) is 7.11 Å². The molecule has 2 rings (SSSR count). The van der Waals surface area contributed by atoms with Gasteiger partial charge < -0.3 is 15.4 Å². The van der Waals surface area contributed by atoms with Crippen LogP contribution in [0.25, 0.3) is 0 Å². The summed E-state index contributed by atoms with van der Waals surface area (Å²) in [5.41, 5.74) is 6.65. The average molecular weight is 282 g/mol. The molecule has 2 aliphatic rings. The van der Waals surface area contributed by atoms with Crippen molar-refractivity contribution in [1.82, 2.24) is 4.90 Å². The Hall–Kier alpha value is -0.120. The molecule has 2 fully saturated rings. The van der Waals surface area contributed by atoms with E-state index in [9.17, 15) is 0 Å². The van der Waals surface area contributed by atoms with E-state index in [4.69, 9.17) is 10.5 Å². The first-order valence-corrected chi connectivity index (χ1v) is 8.42.